The Kier molecular flexibility index (Phi) is 4.10. The lowest BCUT2D eigenvalue weighted by Crippen LogP contribution is -2.55. The van der Waals surface area contributed by atoms with Gasteiger partial charge in [-0.25, -0.2) is 0 Å². The molecule has 5 nitrogen and oxygen atoms in total. The molecule has 0 amide bonds. The van der Waals surface area contributed by atoms with Gasteiger partial charge in [0.1, 0.15) is 17.4 Å². The van der Waals surface area contributed by atoms with Crippen molar-refractivity contribution >= 4 is 11.0 Å². The van der Waals surface area contributed by atoms with Gasteiger partial charge in [-0.2, -0.15) is 0 Å². The van der Waals surface area contributed by atoms with Crippen LogP contribution in [0.25, 0.3) is 11.0 Å². The van der Waals surface area contributed by atoms with Gasteiger partial charge in [-0.3, -0.25) is 0 Å². The van der Waals surface area contributed by atoms with E-state index in [4.69, 9.17) is 13.9 Å². The summed E-state index contributed by atoms with van der Waals surface area (Å²) in [5, 5.41) is 22.1. The van der Waals surface area contributed by atoms with Crippen molar-refractivity contribution in [3.05, 3.63) is 70.5 Å². The first-order valence-corrected chi connectivity index (χ1v) is 9.74. The Bertz CT molecular complexity index is 1010. The fraction of sp³-hybridized carbons (Fsp3) is 0.391. The standard InChI is InChI=1S/C23H24O5/c1-13-7-17-12-26-23(22(25)20(24)8-14(2)28-23)19(17)11-16(13)10-18-9-15-5-3-4-6-21(15)27-18/h3-7,9,11,14,20,22,24-25H,8,10,12H2,1-2H3/t14-,20+,22?,23+/m1/s1. The topological polar surface area (TPSA) is 72.1 Å². The molecule has 146 valence electrons. The zero-order chi connectivity index (χ0) is 19.5. The molecule has 1 unspecified atom stereocenters. The maximum absolute atomic E-state index is 10.7. The van der Waals surface area contributed by atoms with Gasteiger partial charge in [0.25, 0.3) is 0 Å². The van der Waals surface area contributed by atoms with Crippen LogP contribution >= 0.6 is 0 Å². The molecular formula is C23H24O5. The van der Waals surface area contributed by atoms with Crippen LogP contribution in [0.1, 0.15) is 41.4 Å². The molecule has 1 aromatic heterocycles. The number of hydrogen-bond acceptors (Lipinski definition) is 5. The van der Waals surface area contributed by atoms with E-state index in [0.29, 0.717) is 19.4 Å². The molecule has 5 rings (SSSR count). The number of aliphatic hydroxyl groups excluding tert-OH is 2. The molecule has 28 heavy (non-hydrogen) atoms. The summed E-state index contributed by atoms with van der Waals surface area (Å²) < 4.78 is 18.0. The highest BCUT2D eigenvalue weighted by molar-refractivity contribution is 5.77. The predicted molar refractivity (Wildman–Crippen MR) is 104 cm³/mol. The van der Waals surface area contributed by atoms with Crippen molar-refractivity contribution in [3.8, 4) is 0 Å². The Morgan fingerprint density at radius 1 is 1.14 bits per heavy atom. The van der Waals surface area contributed by atoms with Crippen LogP contribution in [0.3, 0.4) is 0 Å². The van der Waals surface area contributed by atoms with Crippen LogP contribution in [0.2, 0.25) is 0 Å². The molecule has 1 spiro atoms. The highest BCUT2D eigenvalue weighted by Gasteiger charge is 2.54. The second kappa shape index (κ2) is 6.42. The van der Waals surface area contributed by atoms with Gasteiger partial charge in [-0.15, -0.1) is 0 Å². The van der Waals surface area contributed by atoms with Crippen LogP contribution in [0, 0.1) is 6.92 Å². The van der Waals surface area contributed by atoms with Crippen LogP contribution in [-0.2, 0) is 28.3 Å². The van der Waals surface area contributed by atoms with Gasteiger partial charge >= 0.3 is 0 Å². The third-order valence-electron chi connectivity index (χ3n) is 5.92. The largest absolute Gasteiger partial charge is 0.461 e. The van der Waals surface area contributed by atoms with E-state index in [0.717, 1.165) is 39.0 Å². The molecule has 0 saturated carbocycles. The van der Waals surface area contributed by atoms with Crippen LogP contribution in [0.4, 0.5) is 0 Å². The van der Waals surface area contributed by atoms with Gasteiger partial charge in [0.2, 0.25) is 5.79 Å². The molecule has 4 atom stereocenters. The van der Waals surface area contributed by atoms with Crippen molar-refractivity contribution < 1.29 is 24.1 Å². The van der Waals surface area contributed by atoms with Crippen molar-refractivity contribution in [1.82, 2.24) is 0 Å². The van der Waals surface area contributed by atoms with Gasteiger partial charge in [-0.1, -0.05) is 24.3 Å². The van der Waals surface area contributed by atoms with E-state index in [-0.39, 0.29) is 6.10 Å². The Hall–Kier alpha value is -2.18. The number of ether oxygens (including phenoxy) is 2. The second-order valence-electron chi connectivity index (χ2n) is 8.00. The maximum atomic E-state index is 10.7. The molecule has 2 aromatic carbocycles. The molecular weight excluding hydrogens is 356 g/mol. The first-order chi connectivity index (χ1) is 13.5. The first kappa shape index (κ1) is 17.9. The minimum atomic E-state index is -1.30. The van der Waals surface area contributed by atoms with Gasteiger partial charge in [-0.05, 0) is 48.7 Å². The molecule has 1 fully saturated rings. The lowest BCUT2D eigenvalue weighted by molar-refractivity contribution is -0.342. The fourth-order valence-corrected chi connectivity index (χ4v) is 4.50. The number of rotatable bonds is 2. The fourth-order valence-electron chi connectivity index (χ4n) is 4.50. The Morgan fingerprint density at radius 3 is 2.79 bits per heavy atom. The molecule has 2 aliphatic rings. The summed E-state index contributed by atoms with van der Waals surface area (Å²) in [6, 6.07) is 14.2. The van der Waals surface area contributed by atoms with Gasteiger partial charge < -0.3 is 24.1 Å². The summed E-state index contributed by atoms with van der Waals surface area (Å²) in [6.45, 7) is 4.32. The van der Waals surface area contributed by atoms with Crippen molar-refractivity contribution in [1.29, 1.82) is 0 Å². The summed E-state index contributed by atoms with van der Waals surface area (Å²) >= 11 is 0. The van der Waals surface area contributed by atoms with Gasteiger partial charge in [0, 0.05) is 23.8 Å². The summed E-state index contributed by atoms with van der Waals surface area (Å²) in [5.74, 6) is -0.418. The predicted octanol–water partition coefficient (Wildman–Crippen LogP) is 3.55. The number of aliphatic hydroxyl groups is 2. The third kappa shape index (κ3) is 2.70. The average molecular weight is 380 g/mol. The Morgan fingerprint density at radius 2 is 1.96 bits per heavy atom. The lowest BCUT2D eigenvalue weighted by Gasteiger charge is -2.43. The molecule has 2 N–H and O–H groups in total. The normalized spacial score (nSPS) is 29.5. The number of hydrogen-bond donors (Lipinski definition) is 2. The van der Waals surface area contributed by atoms with Crippen LogP contribution in [0.15, 0.2) is 46.9 Å². The minimum Gasteiger partial charge on any atom is -0.461 e. The smallest absolute Gasteiger partial charge is 0.225 e. The lowest BCUT2D eigenvalue weighted by atomic mass is 9.87. The molecule has 3 heterocycles. The molecule has 3 aromatic rings. The monoisotopic (exact) mass is 380 g/mol. The van der Waals surface area contributed by atoms with E-state index >= 15 is 0 Å². The van der Waals surface area contributed by atoms with E-state index in [1.807, 2.05) is 37.3 Å². The maximum Gasteiger partial charge on any atom is 0.225 e. The molecule has 5 heteroatoms. The quantitative estimate of drug-likeness (QED) is 0.711. The molecule has 0 bridgehead atoms. The van der Waals surface area contributed by atoms with Crippen LogP contribution in [0.5, 0.6) is 0 Å². The number of benzene rings is 2. The first-order valence-electron chi connectivity index (χ1n) is 9.74. The second-order valence-corrected chi connectivity index (χ2v) is 8.00. The zero-order valence-electron chi connectivity index (χ0n) is 16.0. The van der Waals surface area contributed by atoms with E-state index < -0.39 is 18.0 Å². The number of aryl methyl sites for hydroxylation is 1. The van der Waals surface area contributed by atoms with E-state index in [9.17, 15) is 10.2 Å². The number of furan rings is 1. The third-order valence-corrected chi connectivity index (χ3v) is 5.92. The van der Waals surface area contributed by atoms with Gasteiger partial charge in [0.15, 0.2) is 0 Å². The van der Waals surface area contributed by atoms with Crippen LogP contribution < -0.4 is 0 Å². The van der Waals surface area contributed by atoms with Gasteiger partial charge in [0.05, 0.1) is 18.8 Å². The highest BCUT2D eigenvalue weighted by Crippen LogP contribution is 2.46. The summed E-state index contributed by atoms with van der Waals surface area (Å²) in [4.78, 5) is 0. The zero-order valence-corrected chi connectivity index (χ0v) is 16.0. The minimum absolute atomic E-state index is 0.204. The molecule has 0 aliphatic carbocycles. The van der Waals surface area contributed by atoms with Crippen molar-refractivity contribution in [2.24, 2.45) is 0 Å². The van der Waals surface area contributed by atoms with E-state index in [1.54, 1.807) is 0 Å². The van der Waals surface area contributed by atoms with Crippen molar-refractivity contribution in [2.45, 2.75) is 57.4 Å². The highest BCUT2D eigenvalue weighted by atomic mass is 16.7. The Labute approximate surface area is 163 Å². The Balaban J connectivity index is 1.55. The average Bonchev–Trinajstić information content (AvgIpc) is 3.22. The molecule has 1 saturated heterocycles. The number of fused-ring (bicyclic) bond motifs is 3. The summed E-state index contributed by atoms with van der Waals surface area (Å²) in [6.07, 6.45) is -1.18. The summed E-state index contributed by atoms with van der Waals surface area (Å²) in [7, 11) is 0. The SMILES string of the molecule is Cc1cc2c(cc1Cc1cc3ccccc3o1)[C@]1(OC2)O[C@H](C)C[C@H](O)C1O. The number of para-hydroxylation sites is 1. The van der Waals surface area contributed by atoms with E-state index in [2.05, 4.69) is 19.1 Å². The van der Waals surface area contributed by atoms with E-state index in [1.165, 1.54) is 0 Å². The van der Waals surface area contributed by atoms with Crippen molar-refractivity contribution in [2.75, 3.05) is 0 Å². The van der Waals surface area contributed by atoms with Crippen molar-refractivity contribution in [3.63, 3.8) is 0 Å². The molecule has 2 aliphatic heterocycles. The van der Waals surface area contributed by atoms with Crippen LogP contribution in [-0.4, -0.2) is 28.5 Å². The summed E-state index contributed by atoms with van der Waals surface area (Å²) in [5.41, 5.74) is 4.90. The molecule has 0 radical (unpaired) electrons.